The Morgan fingerprint density at radius 1 is 0.938 bits per heavy atom. The number of sulfonamides is 1. The largest absolute Gasteiger partial charge is 0.335 e. The Morgan fingerprint density at radius 2 is 1.59 bits per heavy atom. The van der Waals surface area contributed by atoms with Crippen molar-refractivity contribution < 1.29 is 13.2 Å². The second-order valence-electron chi connectivity index (χ2n) is 7.57. The minimum atomic E-state index is -3.68. The first-order valence-electron chi connectivity index (χ1n) is 10.0. The summed E-state index contributed by atoms with van der Waals surface area (Å²) in [7, 11) is -0.443. The first-order valence-corrected chi connectivity index (χ1v) is 12.3. The Hall–Kier alpha value is -3.23. The predicted octanol–water partition coefficient (Wildman–Crippen LogP) is 4.70. The summed E-state index contributed by atoms with van der Waals surface area (Å²) in [6.07, 6.45) is 0. The maximum Gasteiger partial charge on any atom is 0.264 e. The third-order valence-electron chi connectivity index (χ3n) is 5.21. The van der Waals surface area contributed by atoms with E-state index < -0.39 is 10.0 Å². The Bertz CT molecular complexity index is 1330. The van der Waals surface area contributed by atoms with Gasteiger partial charge in [-0.25, -0.2) is 13.4 Å². The molecule has 1 heterocycles. The fourth-order valence-electron chi connectivity index (χ4n) is 3.30. The Morgan fingerprint density at radius 3 is 2.25 bits per heavy atom. The topological polar surface area (TPSA) is 70.6 Å². The van der Waals surface area contributed by atoms with Crippen molar-refractivity contribution in [2.75, 3.05) is 18.4 Å². The van der Waals surface area contributed by atoms with Crippen LogP contribution in [-0.2, 0) is 16.6 Å². The van der Waals surface area contributed by atoms with Crippen molar-refractivity contribution in [3.05, 3.63) is 88.9 Å². The van der Waals surface area contributed by atoms with Crippen LogP contribution in [-0.4, -0.2) is 38.3 Å². The molecule has 0 spiro atoms. The van der Waals surface area contributed by atoms with Crippen LogP contribution in [0.4, 0.5) is 5.69 Å². The number of benzene rings is 3. The van der Waals surface area contributed by atoms with Crippen molar-refractivity contribution in [2.24, 2.45) is 0 Å². The van der Waals surface area contributed by atoms with Gasteiger partial charge in [-0.05, 0) is 55.5 Å². The van der Waals surface area contributed by atoms with Crippen LogP contribution in [0.1, 0.15) is 20.9 Å². The van der Waals surface area contributed by atoms with Crippen molar-refractivity contribution >= 4 is 43.2 Å². The molecule has 0 unspecified atom stereocenters. The van der Waals surface area contributed by atoms with Crippen molar-refractivity contribution in [1.29, 1.82) is 0 Å². The lowest BCUT2D eigenvalue weighted by molar-refractivity contribution is 0.0785. The van der Waals surface area contributed by atoms with E-state index in [4.69, 9.17) is 0 Å². The zero-order valence-electron chi connectivity index (χ0n) is 18.0. The summed E-state index contributed by atoms with van der Waals surface area (Å²) in [6, 6.07) is 21.2. The number of hydrogen-bond acceptors (Lipinski definition) is 5. The summed E-state index contributed by atoms with van der Waals surface area (Å²) in [6.45, 7) is 2.31. The van der Waals surface area contributed by atoms with Crippen LogP contribution in [0.25, 0.3) is 10.2 Å². The van der Waals surface area contributed by atoms with Gasteiger partial charge in [0.15, 0.2) is 0 Å². The number of para-hydroxylation sites is 1. The van der Waals surface area contributed by atoms with E-state index in [0.29, 0.717) is 17.8 Å². The highest BCUT2D eigenvalue weighted by Crippen LogP contribution is 2.25. The number of carbonyl (C=O) groups is 1. The quantitative estimate of drug-likeness (QED) is 0.414. The van der Waals surface area contributed by atoms with E-state index in [9.17, 15) is 13.2 Å². The molecule has 4 aromatic rings. The molecule has 0 N–H and O–H groups in total. The smallest absolute Gasteiger partial charge is 0.264 e. The van der Waals surface area contributed by atoms with Gasteiger partial charge >= 0.3 is 0 Å². The average Bonchev–Trinajstić information content (AvgIpc) is 3.20. The van der Waals surface area contributed by atoms with Gasteiger partial charge in [-0.2, -0.15) is 0 Å². The lowest BCUT2D eigenvalue weighted by Gasteiger charge is -2.20. The minimum Gasteiger partial charge on any atom is -0.335 e. The molecule has 0 saturated carbocycles. The van der Waals surface area contributed by atoms with Gasteiger partial charge in [-0.15, -0.1) is 11.3 Å². The number of carbonyl (C=O) groups excluding carboxylic acids is 1. The lowest BCUT2D eigenvalue weighted by Crippen LogP contribution is -2.27. The number of amides is 1. The molecule has 32 heavy (non-hydrogen) atoms. The normalized spacial score (nSPS) is 11.5. The monoisotopic (exact) mass is 465 g/mol. The van der Waals surface area contributed by atoms with Gasteiger partial charge in [-0.1, -0.05) is 29.8 Å². The lowest BCUT2D eigenvalue weighted by atomic mass is 10.2. The fraction of sp³-hybridized carbons (Fsp3) is 0.167. The molecular formula is C24H23N3O3S2. The number of fused-ring (bicyclic) bond motifs is 1. The highest BCUT2D eigenvalue weighted by Gasteiger charge is 2.22. The molecule has 0 aliphatic carbocycles. The molecular weight excluding hydrogens is 442 g/mol. The summed E-state index contributed by atoms with van der Waals surface area (Å²) in [4.78, 5) is 19.3. The molecule has 0 aliphatic rings. The van der Waals surface area contributed by atoms with Gasteiger partial charge in [0, 0.05) is 19.7 Å². The molecule has 4 rings (SSSR count). The summed E-state index contributed by atoms with van der Waals surface area (Å²) in [5, 5.41) is 0.864. The zero-order chi connectivity index (χ0) is 22.9. The Labute approximate surface area is 191 Å². The molecule has 0 saturated heterocycles. The Kier molecular flexibility index (Phi) is 5.99. The molecule has 1 amide bonds. The van der Waals surface area contributed by atoms with Crippen molar-refractivity contribution in [1.82, 2.24) is 9.88 Å². The van der Waals surface area contributed by atoms with Crippen LogP contribution in [0, 0.1) is 6.92 Å². The van der Waals surface area contributed by atoms with Crippen LogP contribution in [0.5, 0.6) is 0 Å². The molecule has 0 fully saturated rings. The summed E-state index contributed by atoms with van der Waals surface area (Å²) >= 11 is 1.57. The SMILES string of the molecule is Cc1ccc(S(=O)(=O)N(C)c2ccc(C(=O)N(C)Cc3nc4ccccc4s3)cc2)cc1. The van der Waals surface area contributed by atoms with Crippen LogP contribution < -0.4 is 4.31 Å². The average molecular weight is 466 g/mol. The minimum absolute atomic E-state index is 0.153. The van der Waals surface area contributed by atoms with Crippen LogP contribution >= 0.6 is 11.3 Å². The number of thiazole rings is 1. The maximum atomic E-state index is 12.9. The maximum absolute atomic E-state index is 12.9. The first-order chi connectivity index (χ1) is 15.3. The highest BCUT2D eigenvalue weighted by atomic mass is 32.2. The number of nitrogens with zero attached hydrogens (tertiary/aromatic N) is 3. The van der Waals surface area contributed by atoms with Crippen LogP contribution in [0.2, 0.25) is 0 Å². The molecule has 1 aromatic heterocycles. The first kappa shape index (κ1) is 22.0. The van der Waals surface area contributed by atoms with Crippen molar-refractivity contribution in [3.63, 3.8) is 0 Å². The molecule has 6 nitrogen and oxygen atoms in total. The molecule has 0 bridgehead atoms. The summed E-state index contributed by atoms with van der Waals surface area (Å²) in [5.41, 5.74) is 2.88. The van der Waals surface area contributed by atoms with Crippen LogP contribution in [0.3, 0.4) is 0 Å². The number of aromatic nitrogens is 1. The predicted molar refractivity (Wildman–Crippen MR) is 129 cm³/mol. The molecule has 0 radical (unpaired) electrons. The number of aryl methyl sites for hydroxylation is 1. The number of anilines is 1. The van der Waals surface area contributed by atoms with Gasteiger partial charge < -0.3 is 4.90 Å². The van der Waals surface area contributed by atoms with E-state index in [0.717, 1.165) is 20.8 Å². The summed E-state index contributed by atoms with van der Waals surface area (Å²) in [5.74, 6) is -0.153. The van der Waals surface area contributed by atoms with E-state index >= 15 is 0 Å². The molecule has 3 aromatic carbocycles. The summed E-state index contributed by atoms with van der Waals surface area (Å²) < 4.78 is 28.1. The Balaban J connectivity index is 1.48. The second-order valence-corrected chi connectivity index (χ2v) is 10.7. The second kappa shape index (κ2) is 8.72. The number of rotatable bonds is 6. The van der Waals surface area contributed by atoms with Crippen LogP contribution in [0.15, 0.2) is 77.7 Å². The van der Waals surface area contributed by atoms with E-state index in [2.05, 4.69) is 4.98 Å². The molecule has 164 valence electrons. The van der Waals surface area contributed by atoms with Gasteiger partial charge in [0.1, 0.15) is 5.01 Å². The van der Waals surface area contributed by atoms with E-state index in [-0.39, 0.29) is 10.8 Å². The number of hydrogen-bond donors (Lipinski definition) is 0. The van der Waals surface area contributed by atoms with Gasteiger partial charge in [0.25, 0.3) is 15.9 Å². The van der Waals surface area contributed by atoms with Gasteiger partial charge in [0.2, 0.25) is 0 Å². The van der Waals surface area contributed by atoms with E-state index in [1.807, 2.05) is 31.2 Å². The third-order valence-corrected chi connectivity index (χ3v) is 8.04. The molecule has 0 aliphatic heterocycles. The fourth-order valence-corrected chi connectivity index (χ4v) is 5.52. The third kappa shape index (κ3) is 4.37. The van der Waals surface area contributed by atoms with Gasteiger partial charge in [-0.3, -0.25) is 9.10 Å². The molecule has 0 atom stereocenters. The highest BCUT2D eigenvalue weighted by molar-refractivity contribution is 7.92. The molecule has 8 heteroatoms. The van der Waals surface area contributed by atoms with E-state index in [1.165, 1.54) is 11.4 Å². The van der Waals surface area contributed by atoms with E-state index in [1.54, 1.807) is 71.8 Å². The zero-order valence-corrected chi connectivity index (χ0v) is 19.7. The van der Waals surface area contributed by atoms with Crippen molar-refractivity contribution in [2.45, 2.75) is 18.4 Å². The standard InChI is InChI=1S/C24H23N3O3S2/c1-17-8-14-20(15-9-17)32(29,30)27(3)19-12-10-18(11-13-19)24(28)26(2)16-23-25-21-6-4-5-7-22(21)31-23/h4-15H,16H2,1-3H3. The van der Waals surface area contributed by atoms with Crippen molar-refractivity contribution in [3.8, 4) is 0 Å². The van der Waals surface area contributed by atoms with Gasteiger partial charge in [0.05, 0.1) is 27.3 Å².